The van der Waals surface area contributed by atoms with Gasteiger partial charge in [-0.3, -0.25) is 9.48 Å². The molecule has 108 valence electrons. The number of carbonyl (C=O) groups excluding carboxylic acids is 1. The maximum atomic E-state index is 12.2. The Labute approximate surface area is 119 Å². The van der Waals surface area contributed by atoms with E-state index in [9.17, 15) is 4.79 Å². The van der Waals surface area contributed by atoms with Crippen molar-refractivity contribution in [2.75, 3.05) is 6.54 Å². The lowest BCUT2D eigenvalue weighted by molar-refractivity contribution is -0.0503. The second-order valence-corrected chi connectivity index (χ2v) is 7.50. The van der Waals surface area contributed by atoms with Gasteiger partial charge in [0.15, 0.2) is 0 Å². The molecule has 4 heteroatoms. The molecule has 5 rings (SSSR count). The summed E-state index contributed by atoms with van der Waals surface area (Å²) in [6, 6.07) is 0. The van der Waals surface area contributed by atoms with E-state index in [0.29, 0.717) is 11.0 Å². The number of aromatic nitrogens is 2. The highest BCUT2D eigenvalue weighted by Crippen LogP contribution is 2.59. The molecule has 1 heterocycles. The molecule has 1 aromatic heterocycles. The van der Waals surface area contributed by atoms with Gasteiger partial charge in [0.2, 0.25) is 0 Å². The fraction of sp³-hybridized carbons (Fsp3) is 0.750. The van der Waals surface area contributed by atoms with Crippen LogP contribution >= 0.6 is 0 Å². The Morgan fingerprint density at radius 1 is 1.30 bits per heavy atom. The number of carbonyl (C=O) groups is 1. The van der Waals surface area contributed by atoms with Crippen molar-refractivity contribution in [1.29, 1.82) is 0 Å². The zero-order chi connectivity index (χ0) is 13.7. The zero-order valence-electron chi connectivity index (χ0n) is 12.1. The third-order valence-corrected chi connectivity index (χ3v) is 5.76. The van der Waals surface area contributed by atoms with Gasteiger partial charge in [0.05, 0.1) is 11.8 Å². The van der Waals surface area contributed by atoms with Gasteiger partial charge in [-0.15, -0.1) is 0 Å². The van der Waals surface area contributed by atoms with Crippen LogP contribution in [-0.4, -0.2) is 22.2 Å². The Bertz CT molecular complexity index is 498. The highest BCUT2D eigenvalue weighted by Gasteiger charge is 2.50. The number of hydrogen-bond acceptors (Lipinski definition) is 2. The SMILES string of the molecule is Cn1cc(C(=O)NCC23CC4CC(CC(C4)C2)C3)cn1. The number of nitrogens with one attached hydrogen (secondary N) is 1. The molecule has 0 saturated heterocycles. The van der Waals surface area contributed by atoms with Crippen LogP contribution in [0.5, 0.6) is 0 Å². The molecular weight excluding hydrogens is 250 g/mol. The highest BCUT2D eigenvalue weighted by molar-refractivity contribution is 5.93. The Kier molecular flexibility index (Phi) is 2.69. The van der Waals surface area contributed by atoms with Crippen LogP contribution in [-0.2, 0) is 7.05 Å². The van der Waals surface area contributed by atoms with Crippen LogP contribution < -0.4 is 5.32 Å². The molecule has 0 aromatic carbocycles. The molecule has 4 fully saturated rings. The molecule has 4 bridgehead atoms. The summed E-state index contributed by atoms with van der Waals surface area (Å²) in [5.41, 5.74) is 1.09. The Hall–Kier alpha value is -1.32. The van der Waals surface area contributed by atoms with Crippen molar-refractivity contribution < 1.29 is 4.79 Å². The summed E-state index contributed by atoms with van der Waals surface area (Å²) in [6.45, 7) is 0.865. The molecule has 0 unspecified atom stereocenters. The standard InChI is InChI=1S/C16H23N3O/c1-19-9-14(8-18-19)15(20)17-10-16-5-11-2-12(6-16)4-13(3-11)7-16/h8-9,11-13H,2-7,10H2,1H3,(H,17,20). The largest absolute Gasteiger partial charge is 0.351 e. The number of rotatable bonds is 3. The van der Waals surface area contributed by atoms with Crippen molar-refractivity contribution in [3.05, 3.63) is 18.0 Å². The predicted octanol–water partition coefficient (Wildman–Crippen LogP) is 2.37. The maximum Gasteiger partial charge on any atom is 0.254 e. The van der Waals surface area contributed by atoms with Crippen molar-refractivity contribution >= 4 is 5.91 Å². The summed E-state index contributed by atoms with van der Waals surface area (Å²) in [5.74, 6) is 2.86. The van der Waals surface area contributed by atoms with E-state index in [1.165, 1.54) is 38.5 Å². The Morgan fingerprint density at radius 2 is 1.90 bits per heavy atom. The average molecular weight is 273 g/mol. The van der Waals surface area contributed by atoms with Gasteiger partial charge in [-0.05, 0) is 61.7 Å². The molecule has 4 aliphatic rings. The lowest BCUT2D eigenvalue weighted by Crippen LogP contribution is -2.51. The summed E-state index contributed by atoms with van der Waals surface area (Å²) in [5, 5.41) is 7.25. The average Bonchev–Trinajstić information content (AvgIpc) is 2.81. The van der Waals surface area contributed by atoms with Crippen LogP contribution in [0.4, 0.5) is 0 Å². The first-order valence-corrected chi connectivity index (χ1v) is 7.89. The van der Waals surface area contributed by atoms with Crippen molar-refractivity contribution in [2.45, 2.75) is 38.5 Å². The molecule has 0 spiro atoms. The van der Waals surface area contributed by atoms with Crippen molar-refractivity contribution in [3.8, 4) is 0 Å². The molecule has 1 N–H and O–H groups in total. The van der Waals surface area contributed by atoms with E-state index in [1.807, 2.05) is 7.05 Å². The highest BCUT2D eigenvalue weighted by atomic mass is 16.1. The van der Waals surface area contributed by atoms with E-state index in [1.54, 1.807) is 17.1 Å². The predicted molar refractivity (Wildman–Crippen MR) is 76.1 cm³/mol. The summed E-state index contributed by atoms with van der Waals surface area (Å²) >= 11 is 0. The van der Waals surface area contributed by atoms with Gasteiger partial charge in [0, 0.05) is 19.8 Å². The van der Waals surface area contributed by atoms with E-state index in [0.717, 1.165) is 24.3 Å². The number of nitrogens with zero attached hydrogens (tertiary/aromatic N) is 2. The van der Waals surface area contributed by atoms with Crippen LogP contribution in [0, 0.1) is 23.2 Å². The summed E-state index contributed by atoms with van der Waals surface area (Å²) in [7, 11) is 1.84. The van der Waals surface area contributed by atoms with Gasteiger partial charge >= 0.3 is 0 Å². The zero-order valence-corrected chi connectivity index (χ0v) is 12.1. The minimum Gasteiger partial charge on any atom is -0.351 e. The lowest BCUT2D eigenvalue weighted by atomic mass is 9.49. The molecule has 4 nitrogen and oxygen atoms in total. The topological polar surface area (TPSA) is 46.9 Å². The third-order valence-electron chi connectivity index (χ3n) is 5.76. The number of amides is 1. The molecule has 1 aromatic rings. The fourth-order valence-corrected chi connectivity index (χ4v) is 5.41. The lowest BCUT2D eigenvalue weighted by Gasteiger charge is -2.56. The minimum absolute atomic E-state index is 0.0360. The molecular formula is C16H23N3O. The molecule has 0 atom stereocenters. The van der Waals surface area contributed by atoms with Gasteiger partial charge in [0.25, 0.3) is 5.91 Å². The van der Waals surface area contributed by atoms with E-state index in [2.05, 4.69) is 10.4 Å². The van der Waals surface area contributed by atoms with Crippen LogP contribution in [0.2, 0.25) is 0 Å². The molecule has 20 heavy (non-hydrogen) atoms. The maximum absolute atomic E-state index is 12.2. The van der Waals surface area contributed by atoms with E-state index < -0.39 is 0 Å². The number of aryl methyl sites for hydroxylation is 1. The Morgan fingerprint density at radius 3 is 2.40 bits per heavy atom. The molecule has 4 aliphatic carbocycles. The second kappa shape index (κ2) is 4.34. The molecule has 0 aliphatic heterocycles. The second-order valence-electron chi connectivity index (χ2n) is 7.50. The van der Waals surface area contributed by atoms with Crippen LogP contribution in [0.15, 0.2) is 12.4 Å². The van der Waals surface area contributed by atoms with E-state index in [-0.39, 0.29) is 5.91 Å². The quantitative estimate of drug-likeness (QED) is 0.919. The van der Waals surface area contributed by atoms with Crippen molar-refractivity contribution in [3.63, 3.8) is 0 Å². The summed E-state index contributed by atoms with van der Waals surface area (Å²) in [4.78, 5) is 12.2. The smallest absolute Gasteiger partial charge is 0.254 e. The van der Waals surface area contributed by atoms with Gasteiger partial charge in [0.1, 0.15) is 0 Å². The normalized spacial score (nSPS) is 38.1. The van der Waals surface area contributed by atoms with Crippen molar-refractivity contribution in [1.82, 2.24) is 15.1 Å². The van der Waals surface area contributed by atoms with Crippen LogP contribution in [0.3, 0.4) is 0 Å². The number of hydrogen-bond donors (Lipinski definition) is 1. The van der Waals surface area contributed by atoms with Crippen LogP contribution in [0.1, 0.15) is 48.9 Å². The van der Waals surface area contributed by atoms with Gasteiger partial charge in [-0.25, -0.2) is 0 Å². The first-order chi connectivity index (χ1) is 9.62. The van der Waals surface area contributed by atoms with Gasteiger partial charge in [-0.1, -0.05) is 0 Å². The Balaban J connectivity index is 1.43. The molecule has 4 saturated carbocycles. The minimum atomic E-state index is 0.0360. The van der Waals surface area contributed by atoms with Gasteiger partial charge in [-0.2, -0.15) is 5.10 Å². The molecule has 0 radical (unpaired) electrons. The first-order valence-electron chi connectivity index (χ1n) is 7.89. The monoisotopic (exact) mass is 273 g/mol. The van der Waals surface area contributed by atoms with Crippen LogP contribution in [0.25, 0.3) is 0 Å². The van der Waals surface area contributed by atoms with E-state index >= 15 is 0 Å². The summed E-state index contributed by atoms with van der Waals surface area (Å²) < 4.78 is 1.68. The third kappa shape index (κ3) is 2.05. The first kappa shape index (κ1) is 12.4. The fourth-order valence-electron chi connectivity index (χ4n) is 5.41. The molecule has 1 amide bonds. The summed E-state index contributed by atoms with van der Waals surface area (Å²) in [6.07, 6.45) is 11.8. The van der Waals surface area contributed by atoms with Crippen molar-refractivity contribution in [2.24, 2.45) is 30.2 Å². The van der Waals surface area contributed by atoms with E-state index in [4.69, 9.17) is 0 Å². The van der Waals surface area contributed by atoms with Gasteiger partial charge < -0.3 is 5.32 Å².